The molecular formula is C17H14F2N4O. The zero-order valence-corrected chi connectivity index (χ0v) is 12.8. The fourth-order valence-electron chi connectivity index (χ4n) is 3.10. The Kier molecular flexibility index (Phi) is 3.23. The fourth-order valence-corrected chi connectivity index (χ4v) is 3.10. The van der Waals surface area contributed by atoms with E-state index in [2.05, 4.69) is 22.2 Å². The topological polar surface area (TPSA) is 62.7 Å². The summed E-state index contributed by atoms with van der Waals surface area (Å²) in [5.74, 6) is -1.28. The lowest BCUT2D eigenvalue weighted by molar-refractivity contribution is 0.102. The van der Waals surface area contributed by atoms with Crippen LogP contribution in [-0.2, 0) is 6.42 Å². The number of anilines is 1. The lowest BCUT2D eigenvalue weighted by atomic mass is 10.0. The number of hydrogen-bond acceptors (Lipinski definition) is 2. The van der Waals surface area contributed by atoms with Crippen LogP contribution in [0.2, 0.25) is 0 Å². The van der Waals surface area contributed by atoms with Gasteiger partial charge in [0.25, 0.3) is 5.91 Å². The molecule has 0 saturated heterocycles. The van der Waals surface area contributed by atoms with E-state index in [4.69, 9.17) is 0 Å². The maximum absolute atomic E-state index is 13.8. The van der Waals surface area contributed by atoms with Crippen LogP contribution in [0.3, 0.4) is 0 Å². The van der Waals surface area contributed by atoms with E-state index < -0.39 is 17.5 Å². The quantitative estimate of drug-likeness (QED) is 0.756. The van der Waals surface area contributed by atoms with Crippen LogP contribution in [0.1, 0.15) is 29.0 Å². The Morgan fingerprint density at radius 1 is 1.42 bits per heavy atom. The van der Waals surface area contributed by atoms with E-state index in [1.54, 1.807) is 12.4 Å². The van der Waals surface area contributed by atoms with Gasteiger partial charge in [0.2, 0.25) is 0 Å². The largest absolute Gasteiger partial charge is 0.364 e. The van der Waals surface area contributed by atoms with Crippen LogP contribution < -0.4 is 5.32 Å². The lowest BCUT2D eigenvalue weighted by Gasteiger charge is -2.22. The van der Waals surface area contributed by atoms with Gasteiger partial charge in [-0.25, -0.2) is 13.8 Å². The number of H-pyrrole nitrogens is 1. The van der Waals surface area contributed by atoms with Crippen molar-refractivity contribution in [1.29, 1.82) is 0 Å². The predicted octanol–water partition coefficient (Wildman–Crippen LogP) is 3.53. The van der Waals surface area contributed by atoms with E-state index in [1.807, 2.05) is 10.8 Å². The second-order valence-electron chi connectivity index (χ2n) is 5.85. The van der Waals surface area contributed by atoms with Gasteiger partial charge in [-0.05, 0) is 19.1 Å². The molecule has 4 rings (SSSR count). The summed E-state index contributed by atoms with van der Waals surface area (Å²) in [4.78, 5) is 20.0. The first-order chi connectivity index (χ1) is 11.5. The Morgan fingerprint density at radius 3 is 3.04 bits per heavy atom. The molecule has 0 unspecified atom stereocenters. The zero-order valence-electron chi connectivity index (χ0n) is 12.8. The van der Waals surface area contributed by atoms with Crippen molar-refractivity contribution >= 4 is 11.6 Å². The van der Waals surface area contributed by atoms with Crippen molar-refractivity contribution in [2.24, 2.45) is 0 Å². The highest BCUT2D eigenvalue weighted by Crippen LogP contribution is 2.35. The lowest BCUT2D eigenvalue weighted by Crippen LogP contribution is -2.18. The molecule has 1 atom stereocenters. The molecule has 1 aromatic carbocycles. The first kappa shape index (κ1) is 14.6. The number of imidazole rings is 1. The second kappa shape index (κ2) is 5.30. The molecule has 0 bridgehead atoms. The van der Waals surface area contributed by atoms with Crippen LogP contribution in [0.25, 0.3) is 11.4 Å². The maximum Gasteiger partial charge on any atom is 0.258 e. The smallest absolute Gasteiger partial charge is 0.258 e. The Bertz CT molecular complexity index is 944. The molecule has 1 amide bonds. The molecule has 0 fully saturated rings. The molecule has 3 heterocycles. The molecule has 0 saturated carbocycles. The number of fused-ring (bicyclic) bond motifs is 3. The van der Waals surface area contributed by atoms with E-state index in [9.17, 15) is 13.6 Å². The van der Waals surface area contributed by atoms with Gasteiger partial charge in [0.15, 0.2) is 0 Å². The first-order valence-electron chi connectivity index (χ1n) is 7.54. The van der Waals surface area contributed by atoms with Crippen molar-refractivity contribution in [2.75, 3.05) is 5.32 Å². The van der Waals surface area contributed by atoms with Crippen molar-refractivity contribution in [1.82, 2.24) is 14.5 Å². The summed E-state index contributed by atoms with van der Waals surface area (Å²) in [6.07, 6.45) is 5.90. The summed E-state index contributed by atoms with van der Waals surface area (Å²) in [7, 11) is 0. The number of amides is 1. The highest BCUT2D eigenvalue weighted by Gasteiger charge is 2.28. The number of rotatable bonds is 2. The number of aromatic amines is 1. The van der Waals surface area contributed by atoms with Crippen molar-refractivity contribution in [2.45, 2.75) is 19.4 Å². The normalized spacial score (nSPS) is 15.7. The third-order valence-electron chi connectivity index (χ3n) is 4.25. The van der Waals surface area contributed by atoms with Crippen LogP contribution in [-0.4, -0.2) is 20.4 Å². The Hall–Kier alpha value is -2.96. The number of hydrogen-bond donors (Lipinski definition) is 2. The second-order valence-corrected chi connectivity index (χ2v) is 5.85. The van der Waals surface area contributed by atoms with E-state index in [1.165, 1.54) is 6.07 Å². The number of nitrogens with zero attached hydrogens (tertiary/aromatic N) is 2. The summed E-state index contributed by atoms with van der Waals surface area (Å²) in [6, 6.07) is 3.26. The Balaban J connectivity index is 1.71. The number of carbonyl (C=O) groups is 1. The van der Waals surface area contributed by atoms with Gasteiger partial charge in [-0.15, -0.1) is 0 Å². The predicted molar refractivity (Wildman–Crippen MR) is 84.7 cm³/mol. The van der Waals surface area contributed by atoms with E-state index >= 15 is 0 Å². The minimum absolute atomic E-state index is 0.0659. The van der Waals surface area contributed by atoms with Crippen molar-refractivity contribution < 1.29 is 13.6 Å². The van der Waals surface area contributed by atoms with Crippen LogP contribution in [0.15, 0.2) is 36.8 Å². The average molecular weight is 328 g/mol. The number of nitrogens with one attached hydrogen (secondary N) is 2. The summed E-state index contributed by atoms with van der Waals surface area (Å²) in [5.41, 5.74) is 1.96. The molecule has 1 aliphatic rings. The third-order valence-corrected chi connectivity index (χ3v) is 4.25. The Morgan fingerprint density at radius 2 is 2.25 bits per heavy atom. The fraction of sp³-hybridized carbons (Fsp3) is 0.176. The monoisotopic (exact) mass is 328 g/mol. The van der Waals surface area contributed by atoms with Gasteiger partial charge in [-0.1, -0.05) is 0 Å². The van der Waals surface area contributed by atoms with Gasteiger partial charge in [0.05, 0.1) is 16.8 Å². The maximum atomic E-state index is 13.8. The van der Waals surface area contributed by atoms with Gasteiger partial charge in [0.1, 0.15) is 17.5 Å². The number of halogens is 2. The molecular weight excluding hydrogens is 314 g/mol. The minimum Gasteiger partial charge on any atom is -0.364 e. The molecule has 24 heavy (non-hydrogen) atoms. The molecule has 5 nitrogen and oxygen atoms in total. The van der Waals surface area contributed by atoms with Crippen LogP contribution >= 0.6 is 0 Å². The van der Waals surface area contributed by atoms with Crippen molar-refractivity contribution in [3.8, 4) is 11.4 Å². The van der Waals surface area contributed by atoms with Crippen LogP contribution in [0, 0.1) is 11.6 Å². The minimum atomic E-state index is -0.817. The van der Waals surface area contributed by atoms with Gasteiger partial charge < -0.3 is 14.9 Å². The van der Waals surface area contributed by atoms with E-state index in [-0.39, 0.29) is 11.7 Å². The standard InChI is InChI=1S/C17H14F2N4O/c1-9-6-14-15(16-20-4-5-23(9)16)11(8-21-14)17(24)22-13-3-2-10(18)7-12(13)19/h2-5,7-9,21H,6H2,1H3,(H,22,24)/t9-/m1/s1. The van der Waals surface area contributed by atoms with Gasteiger partial charge in [-0.2, -0.15) is 0 Å². The average Bonchev–Trinajstić information content (AvgIpc) is 3.16. The SMILES string of the molecule is C[C@@H]1Cc2[nH]cc(C(=O)Nc3ccc(F)cc3F)c2-c2nccn21. The van der Waals surface area contributed by atoms with Gasteiger partial charge >= 0.3 is 0 Å². The van der Waals surface area contributed by atoms with Crippen molar-refractivity contribution in [3.63, 3.8) is 0 Å². The van der Waals surface area contributed by atoms with E-state index in [0.717, 1.165) is 29.8 Å². The molecule has 1 aliphatic heterocycles. The highest BCUT2D eigenvalue weighted by atomic mass is 19.1. The summed E-state index contributed by atoms with van der Waals surface area (Å²) in [6.45, 7) is 2.07. The molecule has 2 aromatic heterocycles. The molecule has 0 radical (unpaired) electrons. The Labute approximate surface area is 136 Å². The number of benzene rings is 1. The number of aromatic nitrogens is 3. The third kappa shape index (κ3) is 2.20. The summed E-state index contributed by atoms with van der Waals surface area (Å²) >= 11 is 0. The number of carbonyl (C=O) groups excluding carboxylic acids is 1. The molecule has 3 aromatic rings. The summed E-state index contributed by atoms with van der Waals surface area (Å²) in [5, 5.41) is 2.49. The van der Waals surface area contributed by atoms with Crippen LogP contribution in [0.5, 0.6) is 0 Å². The highest BCUT2D eigenvalue weighted by molar-refractivity contribution is 6.08. The van der Waals surface area contributed by atoms with E-state index in [0.29, 0.717) is 11.4 Å². The molecule has 2 N–H and O–H groups in total. The van der Waals surface area contributed by atoms with Crippen molar-refractivity contribution in [3.05, 3.63) is 59.7 Å². The van der Waals surface area contributed by atoms with Gasteiger partial charge in [0, 0.05) is 42.8 Å². The summed E-state index contributed by atoms with van der Waals surface area (Å²) < 4.78 is 28.7. The molecule has 0 spiro atoms. The van der Waals surface area contributed by atoms with Crippen LogP contribution in [0.4, 0.5) is 14.5 Å². The molecule has 0 aliphatic carbocycles. The van der Waals surface area contributed by atoms with Gasteiger partial charge in [-0.3, -0.25) is 4.79 Å². The molecule has 122 valence electrons. The first-order valence-corrected chi connectivity index (χ1v) is 7.54. The zero-order chi connectivity index (χ0) is 16.8. The molecule has 7 heteroatoms.